The molecule has 1 fully saturated rings. The molecule has 5 heteroatoms. The van der Waals surface area contributed by atoms with Crippen LogP contribution in [-0.4, -0.2) is 11.3 Å². The molecule has 1 aromatic carbocycles. The Labute approximate surface area is 116 Å². The van der Waals surface area contributed by atoms with Crippen molar-refractivity contribution in [2.45, 2.75) is 50.2 Å². The highest BCUT2D eigenvalue weighted by atomic mass is 19.4. The zero-order chi connectivity index (χ0) is 14.8. The van der Waals surface area contributed by atoms with Gasteiger partial charge in [0.05, 0.1) is 5.56 Å². The van der Waals surface area contributed by atoms with Crippen LogP contribution < -0.4 is 5.73 Å². The molecule has 2 N–H and O–H groups in total. The van der Waals surface area contributed by atoms with Crippen molar-refractivity contribution >= 4 is 5.78 Å². The Morgan fingerprint density at radius 2 is 1.65 bits per heavy atom. The van der Waals surface area contributed by atoms with E-state index in [0.717, 1.165) is 44.2 Å². The maximum Gasteiger partial charge on any atom is 0.416 e. The minimum Gasteiger partial charge on any atom is -0.325 e. The van der Waals surface area contributed by atoms with Crippen LogP contribution in [-0.2, 0) is 6.18 Å². The van der Waals surface area contributed by atoms with Gasteiger partial charge in [-0.3, -0.25) is 4.79 Å². The van der Waals surface area contributed by atoms with E-state index in [4.69, 9.17) is 5.73 Å². The largest absolute Gasteiger partial charge is 0.416 e. The van der Waals surface area contributed by atoms with Gasteiger partial charge < -0.3 is 5.73 Å². The highest BCUT2D eigenvalue weighted by Gasteiger charge is 2.32. The Balaban J connectivity index is 2.06. The highest BCUT2D eigenvalue weighted by molar-refractivity contribution is 5.96. The van der Waals surface area contributed by atoms with E-state index in [1.165, 1.54) is 12.1 Å². The van der Waals surface area contributed by atoms with E-state index in [9.17, 15) is 18.0 Å². The maximum absolute atomic E-state index is 12.4. The number of carbonyl (C=O) groups is 1. The summed E-state index contributed by atoms with van der Waals surface area (Å²) in [6, 6.07) is 4.35. The number of nitrogens with two attached hydrogens (primary N) is 1. The first-order valence-electron chi connectivity index (χ1n) is 6.80. The molecule has 0 heterocycles. The van der Waals surface area contributed by atoms with Gasteiger partial charge in [-0.05, 0) is 25.0 Å². The first kappa shape index (κ1) is 15.0. The lowest BCUT2D eigenvalue weighted by molar-refractivity contribution is -0.137. The summed E-state index contributed by atoms with van der Waals surface area (Å²) in [5.41, 5.74) is 5.27. The number of hydrogen-bond acceptors (Lipinski definition) is 2. The third-order valence-electron chi connectivity index (χ3n) is 3.90. The van der Waals surface area contributed by atoms with E-state index in [-0.39, 0.29) is 12.2 Å². The molecule has 1 aliphatic carbocycles. The molecule has 0 amide bonds. The number of halogens is 3. The van der Waals surface area contributed by atoms with Gasteiger partial charge in [-0.2, -0.15) is 13.2 Å². The summed E-state index contributed by atoms with van der Waals surface area (Å²) in [5.74, 6) is -0.178. The van der Waals surface area contributed by atoms with Crippen molar-refractivity contribution < 1.29 is 18.0 Å². The summed E-state index contributed by atoms with van der Waals surface area (Å²) in [7, 11) is 0. The summed E-state index contributed by atoms with van der Waals surface area (Å²) < 4.78 is 37.3. The van der Waals surface area contributed by atoms with Gasteiger partial charge in [-0.25, -0.2) is 0 Å². The van der Waals surface area contributed by atoms with Crippen molar-refractivity contribution in [2.75, 3.05) is 0 Å². The minimum absolute atomic E-state index is 0.178. The molecule has 0 saturated heterocycles. The molecule has 0 aliphatic heterocycles. The van der Waals surface area contributed by atoms with Gasteiger partial charge in [0.2, 0.25) is 0 Å². The van der Waals surface area contributed by atoms with Crippen LogP contribution in [0.2, 0.25) is 0 Å². The van der Waals surface area contributed by atoms with E-state index in [2.05, 4.69) is 0 Å². The Morgan fingerprint density at radius 3 is 2.15 bits per heavy atom. The second kappa shape index (κ2) is 5.56. The van der Waals surface area contributed by atoms with Gasteiger partial charge >= 0.3 is 6.18 Å². The van der Waals surface area contributed by atoms with Crippen LogP contribution in [0.5, 0.6) is 0 Å². The molecule has 0 spiro atoms. The first-order valence-corrected chi connectivity index (χ1v) is 6.80. The molecule has 20 heavy (non-hydrogen) atoms. The zero-order valence-electron chi connectivity index (χ0n) is 11.2. The molecular formula is C15H18F3NO. The molecule has 0 bridgehead atoms. The van der Waals surface area contributed by atoms with Crippen LogP contribution in [0.4, 0.5) is 13.2 Å². The van der Waals surface area contributed by atoms with Crippen molar-refractivity contribution in [3.05, 3.63) is 35.4 Å². The number of alkyl halides is 3. The number of hydrogen-bond donors (Lipinski definition) is 1. The molecule has 0 aromatic heterocycles. The normalized spacial score (nSPS) is 18.8. The quantitative estimate of drug-likeness (QED) is 0.855. The van der Waals surface area contributed by atoms with Crippen LogP contribution in [0, 0.1) is 0 Å². The average molecular weight is 285 g/mol. The van der Waals surface area contributed by atoms with Gasteiger partial charge in [-0.15, -0.1) is 0 Å². The number of benzene rings is 1. The molecule has 1 saturated carbocycles. The third kappa shape index (κ3) is 3.60. The standard InChI is InChI=1S/C15H18F3NO/c16-15(17,18)12-6-4-11(5-7-12)13(20)10-14(19)8-2-1-3-9-14/h4-7H,1-3,8-10,19H2. The lowest BCUT2D eigenvalue weighted by Gasteiger charge is -2.32. The fourth-order valence-electron chi connectivity index (χ4n) is 2.70. The van der Waals surface area contributed by atoms with Gasteiger partial charge in [0, 0.05) is 17.5 Å². The summed E-state index contributed by atoms with van der Waals surface area (Å²) in [5, 5.41) is 0. The summed E-state index contributed by atoms with van der Waals surface area (Å²) in [6.07, 6.45) is 0.595. The lowest BCUT2D eigenvalue weighted by Crippen LogP contribution is -2.43. The molecule has 1 aromatic rings. The number of Topliss-reactive ketones (excluding diaryl/α,β-unsaturated/α-hetero) is 1. The second-order valence-corrected chi connectivity index (χ2v) is 5.60. The fraction of sp³-hybridized carbons (Fsp3) is 0.533. The van der Waals surface area contributed by atoms with E-state index in [1.807, 2.05) is 0 Å². The summed E-state index contributed by atoms with van der Waals surface area (Å²) >= 11 is 0. The van der Waals surface area contributed by atoms with Gasteiger partial charge in [0.15, 0.2) is 5.78 Å². The van der Waals surface area contributed by atoms with Gasteiger partial charge in [-0.1, -0.05) is 31.4 Å². The summed E-state index contributed by atoms with van der Waals surface area (Å²) in [6.45, 7) is 0. The molecule has 110 valence electrons. The predicted molar refractivity (Wildman–Crippen MR) is 70.4 cm³/mol. The Kier molecular flexibility index (Phi) is 4.18. The smallest absolute Gasteiger partial charge is 0.325 e. The third-order valence-corrected chi connectivity index (χ3v) is 3.90. The van der Waals surface area contributed by atoms with Crippen molar-refractivity contribution in [3.8, 4) is 0 Å². The van der Waals surface area contributed by atoms with Crippen molar-refractivity contribution in [1.29, 1.82) is 0 Å². The molecule has 2 rings (SSSR count). The predicted octanol–water partition coefficient (Wildman–Crippen LogP) is 3.94. The minimum atomic E-state index is -4.37. The van der Waals surface area contributed by atoms with Crippen molar-refractivity contribution in [1.82, 2.24) is 0 Å². The van der Waals surface area contributed by atoms with Crippen LogP contribution in [0.3, 0.4) is 0 Å². The second-order valence-electron chi connectivity index (χ2n) is 5.60. The zero-order valence-corrected chi connectivity index (χ0v) is 11.2. The molecule has 0 unspecified atom stereocenters. The number of rotatable bonds is 3. The van der Waals surface area contributed by atoms with E-state index < -0.39 is 17.3 Å². The van der Waals surface area contributed by atoms with Crippen LogP contribution >= 0.6 is 0 Å². The van der Waals surface area contributed by atoms with Crippen molar-refractivity contribution in [2.24, 2.45) is 5.73 Å². The molecule has 0 radical (unpaired) electrons. The van der Waals surface area contributed by atoms with Crippen molar-refractivity contribution in [3.63, 3.8) is 0 Å². The molecular weight excluding hydrogens is 267 g/mol. The van der Waals surface area contributed by atoms with E-state index in [1.54, 1.807) is 0 Å². The van der Waals surface area contributed by atoms with Crippen LogP contribution in [0.1, 0.15) is 54.4 Å². The Bertz CT molecular complexity index is 473. The number of carbonyl (C=O) groups excluding carboxylic acids is 1. The first-order chi connectivity index (χ1) is 9.30. The maximum atomic E-state index is 12.4. The van der Waals surface area contributed by atoms with E-state index in [0.29, 0.717) is 5.56 Å². The molecule has 1 aliphatic rings. The van der Waals surface area contributed by atoms with E-state index >= 15 is 0 Å². The Morgan fingerprint density at radius 1 is 1.10 bits per heavy atom. The molecule has 2 nitrogen and oxygen atoms in total. The topological polar surface area (TPSA) is 43.1 Å². The number of ketones is 1. The SMILES string of the molecule is NC1(CC(=O)c2ccc(C(F)(F)F)cc2)CCCCC1. The monoisotopic (exact) mass is 285 g/mol. The summed E-state index contributed by atoms with van der Waals surface area (Å²) in [4.78, 5) is 12.1. The fourth-order valence-corrected chi connectivity index (χ4v) is 2.70. The Hall–Kier alpha value is -1.36. The lowest BCUT2D eigenvalue weighted by atomic mass is 9.78. The molecule has 0 atom stereocenters. The average Bonchev–Trinajstić information content (AvgIpc) is 2.38. The van der Waals surface area contributed by atoms with Crippen LogP contribution in [0.15, 0.2) is 24.3 Å². The van der Waals surface area contributed by atoms with Gasteiger partial charge in [0.25, 0.3) is 0 Å². The van der Waals surface area contributed by atoms with Crippen LogP contribution in [0.25, 0.3) is 0 Å². The van der Waals surface area contributed by atoms with Gasteiger partial charge in [0.1, 0.15) is 0 Å². The highest BCUT2D eigenvalue weighted by Crippen LogP contribution is 2.31.